The van der Waals surface area contributed by atoms with Gasteiger partial charge in [0.15, 0.2) is 5.13 Å². The van der Waals surface area contributed by atoms with Crippen LogP contribution in [-0.2, 0) is 0 Å². The Morgan fingerprint density at radius 1 is 1.17 bits per heavy atom. The van der Waals surface area contributed by atoms with Gasteiger partial charge in [0.05, 0.1) is 43.0 Å². The first-order valence-electron chi connectivity index (χ1n) is 7.77. The molecule has 1 heterocycles. The van der Waals surface area contributed by atoms with Crippen molar-refractivity contribution >= 4 is 48.5 Å². The minimum Gasteiger partial charge on any atom is -0.338 e. The van der Waals surface area contributed by atoms with Gasteiger partial charge >= 0.3 is 0 Å². The van der Waals surface area contributed by atoms with Gasteiger partial charge in [0.2, 0.25) is 0 Å². The monoisotopic (exact) mass is 404 g/mol. The minimum absolute atomic E-state index is 0.0252. The van der Waals surface area contributed by atoms with Gasteiger partial charge in [-0.1, -0.05) is 35.6 Å². The lowest BCUT2D eigenvalue weighted by Gasteiger charge is -2.21. The molecule has 0 saturated carbocycles. The highest BCUT2D eigenvalue weighted by Crippen LogP contribution is 2.30. The Bertz CT molecular complexity index is 829. The zero-order chi connectivity index (χ0) is 17.1. The number of benzene rings is 2. The van der Waals surface area contributed by atoms with E-state index < -0.39 is 0 Å². The van der Waals surface area contributed by atoms with Gasteiger partial charge in [0, 0.05) is 4.47 Å². The highest BCUT2D eigenvalue weighted by Gasteiger charge is 2.23. The molecular formula is C18H19BrN3OS+. The van der Waals surface area contributed by atoms with Crippen molar-refractivity contribution in [3.05, 3.63) is 58.6 Å². The summed E-state index contributed by atoms with van der Waals surface area (Å²) in [7, 11) is 4.17. The predicted octanol–water partition coefficient (Wildman–Crippen LogP) is 2.85. The first-order chi connectivity index (χ1) is 11.6. The number of amides is 1. The Labute approximate surface area is 153 Å². The number of anilines is 1. The van der Waals surface area contributed by atoms with Crippen LogP contribution in [0.2, 0.25) is 0 Å². The van der Waals surface area contributed by atoms with Gasteiger partial charge in [-0.3, -0.25) is 9.69 Å². The summed E-state index contributed by atoms with van der Waals surface area (Å²) >= 11 is 5.04. The molecular weight excluding hydrogens is 386 g/mol. The van der Waals surface area contributed by atoms with Crippen molar-refractivity contribution in [2.45, 2.75) is 0 Å². The number of para-hydroxylation sites is 1. The highest BCUT2D eigenvalue weighted by molar-refractivity contribution is 9.10. The molecule has 0 radical (unpaired) electrons. The van der Waals surface area contributed by atoms with E-state index >= 15 is 0 Å². The van der Waals surface area contributed by atoms with Crippen LogP contribution in [0.3, 0.4) is 0 Å². The summed E-state index contributed by atoms with van der Waals surface area (Å²) < 4.78 is 1.90. The second kappa shape index (κ2) is 7.42. The molecule has 4 nitrogen and oxygen atoms in total. The summed E-state index contributed by atoms with van der Waals surface area (Å²) in [6, 6.07) is 15.5. The van der Waals surface area contributed by atoms with Gasteiger partial charge in [0.1, 0.15) is 0 Å². The van der Waals surface area contributed by atoms with Crippen molar-refractivity contribution < 1.29 is 9.69 Å². The Morgan fingerprint density at radius 3 is 2.58 bits per heavy atom. The molecule has 24 heavy (non-hydrogen) atoms. The molecule has 1 N–H and O–H groups in total. The topological polar surface area (TPSA) is 37.6 Å². The van der Waals surface area contributed by atoms with Crippen LogP contribution in [0.4, 0.5) is 5.13 Å². The van der Waals surface area contributed by atoms with Crippen LogP contribution in [0.1, 0.15) is 10.4 Å². The fourth-order valence-corrected chi connectivity index (χ4v) is 3.82. The Balaban J connectivity index is 1.99. The van der Waals surface area contributed by atoms with Crippen molar-refractivity contribution in [1.29, 1.82) is 0 Å². The van der Waals surface area contributed by atoms with E-state index in [1.807, 2.05) is 48.5 Å². The molecule has 124 valence electrons. The van der Waals surface area contributed by atoms with Gasteiger partial charge in [-0.15, -0.1) is 0 Å². The number of carbonyl (C=O) groups excluding carboxylic acids is 1. The number of hydrogen-bond acceptors (Lipinski definition) is 3. The molecule has 0 unspecified atom stereocenters. The predicted molar refractivity (Wildman–Crippen MR) is 103 cm³/mol. The van der Waals surface area contributed by atoms with Crippen LogP contribution >= 0.6 is 27.3 Å². The second-order valence-electron chi connectivity index (χ2n) is 5.86. The van der Waals surface area contributed by atoms with Crippen LogP contribution in [-0.4, -0.2) is 38.1 Å². The van der Waals surface area contributed by atoms with E-state index in [9.17, 15) is 4.79 Å². The number of hydrogen-bond donors (Lipinski definition) is 1. The molecule has 0 atom stereocenters. The number of halogens is 1. The van der Waals surface area contributed by atoms with Crippen LogP contribution in [0, 0.1) is 0 Å². The average Bonchev–Trinajstić information content (AvgIpc) is 2.98. The van der Waals surface area contributed by atoms with Gasteiger partial charge in [0.25, 0.3) is 5.91 Å². The SMILES string of the molecule is C[NH+](C)CCN(C(=O)c1ccccc1Br)c1nc2ccccc2s1. The van der Waals surface area contributed by atoms with Gasteiger partial charge < -0.3 is 4.90 Å². The lowest BCUT2D eigenvalue weighted by molar-refractivity contribution is -0.856. The largest absolute Gasteiger partial charge is 0.338 e. The van der Waals surface area contributed by atoms with E-state index in [1.54, 1.807) is 16.2 Å². The second-order valence-corrected chi connectivity index (χ2v) is 7.72. The van der Waals surface area contributed by atoms with E-state index in [0.29, 0.717) is 12.1 Å². The summed E-state index contributed by atoms with van der Waals surface area (Å²) in [6.45, 7) is 1.48. The van der Waals surface area contributed by atoms with Crippen molar-refractivity contribution in [3.8, 4) is 0 Å². The average molecular weight is 405 g/mol. The molecule has 0 saturated heterocycles. The van der Waals surface area contributed by atoms with E-state index in [-0.39, 0.29) is 5.91 Å². The number of rotatable bonds is 5. The van der Waals surface area contributed by atoms with Crippen molar-refractivity contribution in [2.75, 3.05) is 32.1 Å². The first kappa shape index (κ1) is 17.1. The van der Waals surface area contributed by atoms with Gasteiger partial charge in [-0.05, 0) is 40.2 Å². The maximum Gasteiger partial charge on any atom is 0.261 e. The summed E-state index contributed by atoms with van der Waals surface area (Å²) in [5.74, 6) is -0.0252. The first-order valence-corrected chi connectivity index (χ1v) is 9.38. The number of aromatic nitrogens is 1. The minimum atomic E-state index is -0.0252. The van der Waals surface area contributed by atoms with Crippen molar-refractivity contribution in [1.82, 2.24) is 4.98 Å². The molecule has 0 aliphatic heterocycles. The summed E-state index contributed by atoms with van der Waals surface area (Å²) in [6.07, 6.45) is 0. The molecule has 2 aromatic carbocycles. The Morgan fingerprint density at radius 2 is 1.88 bits per heavy atom. The molecule has 1 amide bonds. The zero-order valence-corrected chi connectivity index (χ0v) is 16.0. The third kappa shape index (κ3) is 3.66. The van der Waals surface area contributed by atoms with E-state index in [1.165, 1.54) is 4.90 Å². The quantitative estimate of drug-likeness (QED) is 0.709. The highest BCUT2D eigenvalue weighted by atomic mass is 79.9. The maximum atomic E-state index is 13.1. The fraction of sp³-hybridized carbons (Fsp3) is 0.222. The van der Waals surface area contributed by atoms with Gasteiger partial charge in [-0.2, -0.15) is 0 Å². The van der Waals surface area contributed by atoms with Crippen molar-refractivity contribution in [3.63, 3.8) is 0 Å². The Kier molecular flexibility index (Phi) is 5.28. The smallest absolute Gasteiger partial charge is 0.261 e. The Hall–Kier alpha value is -1.76. The molecule has 1 aromatic heterocycles. The van der Waals surface area contributed by atoms with E-state index in [4.69, 9.17) is 0 Å². The molecule has 3 rings (SSSR count). The number of nitrogens with one attached hydrogen (secondary N) is 1. The van der Waals surface area contributed by atoms with Crippen LogP contribution in [0.5, 0.6) is 0 Å². The number of fused-ring (bicyclic) bond motifs is 1. The lowest BCUT2D eigenvalue weighted by atomic mass is 10.2. The molecule has 0 aliphatic carbocycles. The number of quaternary nitrogens is 1. The van der Waals surface area contributed by atoms with Gasteiger partial charge in [-0.25, -0.2) is 4.98 Å². The van der Waals surface area contributed by atoms with Crippen LogP contribution in [0.15, 0.2) is 53.0 Å². The zero-order valence-electron chi connectivity index (χ0n) is 13.6. The third-order valence-electron chi connectivity index (χ3n) is 3.70. The normalized spacial score (nSPS) is 11.2. The van der Waals surface area contributed by atoms with E-state index in [2.05, 4.69) is 35.0 Å². The summed E-state index contributed by atoms with van der Waals surface area (Å²) in [5.41, 5.74) is 1.59. The molecule has 6 heteroatoms. The fourth-order valence-electron chi connectivity index (χ4n) is 2.38. The lowest BCUT2D eigenvalue weighted by Crippen LogP contribution is -3.06. The molecule has 0 spiro atoms. The van der Waals surface area contributed by atoms with Crippen LogP contribution in [0.25, 0.3) is 10.2 Å². The molecule has 0 fully saturated rings. The number of likely N-dealkylation sites (N-methyl/N-ethyl adjacent to an activating group) is 1. The number of thiazole rings is 1. The molecule has 3 aromatic rings. The standard InChI is InChI=1S/C18H18BrN3OS/c1-21(2)11-12-22(17(23)13-7-3-4-8-14(13)19)18-20-15-9-5-6-10-16(15)24-18/h3-10H,11-12H2,1-2H3/p+1. The summed E-state index contributed by atoms with van der Waals surface area (Å²) in [5, 5.41) is 0.748. The maximum absolute atomic E-state index is 13.1. The van der Waals surface area contributed by atoms with Crippen LogP contribution < -0.4 is 9.80 Å². The summed E-state index contributed by atoms with van der Waals surface area (Å²) in [4.78, 5) is 20.9. The third-order valence-corrected chi connectivity index (χ3v) is 5.45. The number of nitrogens with zero attached hydrogens (tertiary/aromatic N) is 2. The molecule has 0 bridgehead atoms. The molecule has 0 aliphatic rings. The number of carbonyl (C=O) groups is 1. The van der Waals surface area contributed by atoms with E-state index in [0.717, 1.165) is 26.4 Å². The van der Waals surface area contributed by atoms with Crippen molar-refractivity contribution in [2.24, 2.45) is 0 Å².